The number of aromatic nitrogens is 1. The second-order valence-corrected chi connectivity index (χ2v) is 7.50. The van der Waals surface area contributed by atoms with Crippen molar-refractivity contribution in [1.29, 1.82) is 0 Å². The van der Waals surface area contributed by atoms with E-state index in [1.54, 1.807) is 23.3 Å². The number of carbonyl (C=O) groups is 2. The van der Waals surface area contributed by atoms with Gasteiger partial charge in [-0.3, -0.25) is 9.59 Å². The zero-order chi connectivity index (χ0) is 17.3. The Morgan fingerprint density at radius 2 is 2.21 bits per heavy atom. The normalized spacial score (nSPS) is 23.7. The van der Waals surface area contributed by atoms with Gasteiger partial charge in [0.25, 0.3) is 0 Å². The summed E-state index contributed by atoms with van der Waals surface area (Å²) in [5, 5.41) is 0.977. The number of likely N-dealkylation sites (tertiary alicyclic amines) is 1. The highest BCUT2D eigenvalue weighted by Crippen LogP contribution is 2.25. The maximum atomic E-state index is 12.6. The molecular formula is C16H23N3O4S. The van der Waals surface area contributed by atoms with Crippen molar-refractivity contribution in [2.45, 2.75) is 32.4 Å². The Balaban J connectivity index is 1.65. The van der Waals surface area contributed by atoms with Gasteiger partial charge >= 0.3 is 0 Å². The predicted octanol–water partition coefficient (Wildman–Crippen LogP) is 0.387. The number of hydrogen-bond donors (Lipinski definition) is 0. The van der Waals surface area contributed by atoms with Crippen LogP contribution in [0.25, 0.3) is 0 Å². The standard InChI is InChI=1S/C16H23N3O4S/c1-10-14(24-11(2)17-10)6-15(20)18-7-12-13(8-18)23-9-16(21)19(12)4-5-22-3/h12-13H,4-9H2,1-3H3/t12-,13-/m0/s1. The highest BCUT2D eigenvalue weighted by atomic mass is 32.1. The largest absolute Gasteiger partial charge is 0.383 e. The van der Waals surface area contributed by atoms with Crippen LogP contribution in [0.3, 0.4) is 0 Å². The monoisotopic (exact) mass is 353 g/mol. The van der Waals surface area contributed by atoms with Crippen molar-refractivity contribution in [2.24, 2.45) is 0 Å². The molecule has 0 N–H and O–H groups in total. The molecule has 132 valence electrons. The van der Waals surface area contributed by atoms with E-state index in [0.29, 0.717) is 32.7 Å². The number of methoxy groups -OCH3 is 1. The quantitative estimate of drug-likeness (QED) is 0.766. The minimum atomic E-state index is -0.104. The van der Waals surface area contributed by atoms with E-state index in [1.165, 1.54) is 0 Å². The molecule has 3 heterocycles. The van der Waals surface area contributed by atoms with E-state index in [2.05, 4.69) is 4.98 Å². The van der Waals surface area contributed by atoms with Crippen LogP contribution < -0.4 is 0 Å². The van der Waals surface area contributed by atoms with Gasteiger partial charge in [0.15, 0.2) is 0 Å². The third-order valence-corrected chi connectivity index (χ3v) is 5.65. The second kappa shape index (κ2) is 7.16. The number of morpholine rings is 1. The molecule has 0 radical (unpaired) electrons. The summed E-state index contributed by atoms with van der Waals surface area (Å²) in [6.07, 6.45) is 0.260. The molecule has 2 saturated heterocycles. The lowest BCUT2D eigenvalue weighted by atomic mass is 10.1. The lowest BCUT2D eigenvalue weighted by Gasteiger charge is -2.36. The van der Waals surface area contributed by atoms with E-state index in [1.807, 2.05) is 18.7 Å². The van der Waals surface area contributed by atoms with Gasteiger partial charge in [-0.25, -0.2) is 4.98 Å². The number of rotatable bonds is 5. The van der Waals surface area contributed by atoms with E-state index in [9.17, 15) is 9.59 Å². The van der Waals surface area contributed by atoms with E-state index in [0.717, 1.165) is 15.6 Å². The van der Waals surface area contributed by atoms with Crippen molar-refractivity contribution in [3.63, 3.8) is 0 Å². The van der Waals surface area contributed by atoms with Crippen LogP contribution >= 0.6 is 11.3 Å². The van der Waals surface area contributed by atoms with Crippen LogP contribution in [0.4, 0.5) is 0 Å². The van der Waals surface area contributed by atoms with Crippen LogP contribution in [0.2, 0.25) is 0 Å². The summed E-state index contributed by atoms with van der Waals surface area (Å²) in [5.74, 6) is 0.0374. The predicted molar refractivity (Wildman–Crippen MR) is 89.0 cm³/mol. The van der Waals surface area contributed by atoms with Gasteiger partial charge in [-0.1, -0.05) is 0 Å². The molecule has 0 aromatic carbocycles. The molecule has 8 heteroatoms. The second-order valence-electron chi connectivity index (χ2n) is 6.21. The number of ether oxygens (including phenoxy) is 2. The smallest absolute Gasteiger partial charge is 0.249 e. The van der Waals surface area contributed by atoms with Gasteiger partial charge in [-0.05, 0) is 13.8 Å². The molecule has 0 bridgehead atoms. The third-order valence-electron chi connectivity index (χ3n) is 4.58. The molecule has 2 atom stereocenters. The molecule has 0 aliphatic carbocycles. The number of thiazole rings is 1. The van der Waals surface area contributed by atoms with Crippen LogP contribution in [-0.4, -0.2) is 78.7 Å². The highest BCUT2D eigenvalue weighted by molar-refractivity contribution is 7.11. The topological polar surface area (TPSA) is 72.0 Å². The molecule has 2 fully saturated rings. The maximum absolute atomic E-state index is 12.6. The molecule has 0 saturated carbocycles. The fourth-order valence-corrected chi connectivity index (χ4v) is 4.26. The summed E-state index contributed by atoms with van der Waals surface area (Å²) in [6, 6.07) is -0.0744. The first-order chi connectivity index (χ1) is 11.5. The number of hydrogen-bond acceptors (Lipinski definition) is 6. The fourth-order valence-electron chi connectivity index (χ4n) is 3.34. The van der Waals surface area contributed by atoms with Gasteiger partial charge in [0.05, 0.1) is 35.9 Å². The Labute approximate surface area is 145 Å². The molecule has 2 aliphatic heterocycles. The number of fused-ring (bicyclic) bond motifs is 1. The van der Waals surface area contributed by atoms with Crippen LogP contribution in [0, 0.1) is 13.8 Å². The minimum absolute atomic E-state index is 0.0310. The van der Waals surface area contributed by atoms with Crippen molar-refractivity contribution >= 4 is 23.2 Å². The van der Waals surface area contributed by atoms with Crippen molar-refractivity contribution in [1.82, 2.24) is 14.8 Å². The lowest BCUT2D eigenvalue weighted by molar-refractivity contribution is -0.153. The molecule has 0 spiro atoms. The summed E-state index contributed by atoms with van der Waals surface area (Å²) >= 11 is 1.57. The fraction of sp³-hybridized carbons (Fsp3) is 0.688. The molecule has 1 aromatic heterocycles. The molecular weight excluding hydrogens is 330 g/mol. The van der Waals surface area contributed by atoms with E-state index < -0.39 is 0 Å². The first-order valence-electron chi connectivity index (χ1n) is 8.10. The van der Waals surface area contributed by atoms with Crippen molar-refractivity contribution in [3.05, 3.63) is 15.6 Å². The van der Waals surface area contributed by atoms with Gasteiger partial charge in [0.1, 0.15) is 6.61 Å². The average molecular weight is 353 g/mol. The molecule has 2 aliphatic rings. The van der Waals surface area contributed by atoms with Crippen molar-refractivity contribution < 1.29 is 19.1 Å². The molecule has 24 heavy (non-hydrogen) atoms. The number of amides is 2. The Hall–Kier alpha value is -1.51. The van der Waals surface area contributed by atoms with Gasteiger partial charge in [-0.2, -0.15) is 0 Å². The van der Waals surface area contributed by atoms with E-state index in [-0.39, 0.29) is 30.6 Å². The van der Waals surface area contributed by atoms with Crippen LogP contribution in [0.1, 0.15) is 15.6 Å². The first-order valence-corrected chi connectivity index (χ1v) is 8.92. The molecule has 2 amide bonds. The summed E-state index contributed by atoms with van der Waals surface area (Å²) in [7, 11) is 1.62. The van der Waals surface area contributed by atoms with Gasteiger partial charge in [-0.15, -0.1) is 11.3 Å². The summed E-state index contributed by atoms with van der Waals surface area (Å²) < 4.78 is 10.7. The van der Waals surface area contributed by atoms with Crippen LogP contribution in [0.15, 0.2) is 0 Å². The molecule has 1 aromatic rings. The molecule has 7 nitrogen and oxygen atoms in total. The van der Waals surface area contributed by atoms with E-state index in [4.69, 9.17) is 9.47 Å². The highest BCUT2D eigenvalue weighted by Gasteiger charge is 2.44. The van der Waals surface area contributed by atoms with Gasteiger partial charge in [0, 0.05) is 31.6 Å². The minimum Gasteiger partial charge on any atom is -0.383 e. The van der Waals surface area contributed by atoms with Crippen molar-refractivity contribution in [2.75, 3.05) is 40.0 Å². The summed E-state index contributed by atoms with van der Waals surface area (Å²) in [6.45, 7) is 6.05. The average Bonchev–Trinajstić information content (AvgIpc) is 3.10. The number of aryl methyl sites for hydroxylation is 2. The maximum Gasteiger partial charge on any atom is 0.249 e. The summed E-state index contributed by atoms with van der Waals surface area (Å²) in [4.78, 5) is 33.7. The zero-order valence-corrected chi connectivity index (χ0v) is 15.1. The van der Waals surface area contributed by atoms with Gasteiger partial charge in [0.2, 0.25) is 11.8 Å². The number of nitrogens with zero attached hydrogens (tertiary/aromatic N) is 3. The molecule has 0 unspecified atom stereocenters. The Kier molecular flexibility index (Phi) is 5.17. The Morgan fingerprint density at radius 1 is 1.42 bits per heavy atom. The van der Waals surface area contributed by atoms with Gasteiger partial charge < -0.3 is 19.3 Å². The summed E-state index contributed by atoms with van der Waals surface area (Å²) in [5.41, 5.74) is 0.926. The Morgan fingerprint density at radius 3 is 2.88 bits per heavy atom. The van der Waals surface area contributed by atoms with Crippen molar-refractivity contribution in [3.8, 4) is 0 Å². The number of carbonyl (C=O) groups excluding carboxylic acids is 2. The third kappa shape index (κ3) is 3.45. The van der Waals surface area contributed by atoms with Crippen LogP contribution in [0.5, 0.6) is 0 Å². The first kappa shape index (κ1) is 17.3. The molecule has 3 rings (SSSR count). The Bertz CT molecular complexity index is 633. The zero-order valence-electron chi connectivity index (χ0n) is 14.3. The van der Waals surface area contributed by atoms with Crippen LogP contribution in [-0.2, 0) is 25.5 Å². The lowest BCUT2D eigenvalue weighted by Crippen LogP contribution is -2.54. The SMILES string of the molecule is COCCN1C(=O)CO[C@H]2CN(C(=O)Cc3sc(C)nc3C)C[C@@H]21. The van der Waals surface area contributed by atoms with E-state index >= 15 is 0 Å².